The molecule has 0 aromatic heterocycles. The zero-order chi connectivity index (χ0) is 12.6. The number of carboxylic acids is 1. The van der Waals surface area contributed by atoms with Crippen LogP contribution >= 0.6 is 11.8 Å². The first kappa shape index (κ1) is 11.8. The standard InChI is InChI=1S/C11H12N2O3S/c1-11(10(15)16)5-17-9(13-11)6-3-2-4-7(12)8(6)14/h2-4,14H,5,12H2,1H3,(H,15,16)/p-1/t11-/m1/s1. The highest BCUT2D eigenvalue weighted by Crippen LogP contribution is 2.35. The van der Waals surface area contributed by atoms with Crippen LogP contribution in [0.1, 0.15) is 12.5 Å². The summed E-state index contributed by atoms with van der Waals surface area (Å²) in [4.78, 5) is 15.0. The van der Waals surface area contributed by atoms with Crippen molar-refractivity contribution in [2.75, 3.05) is 11.5 Å². The average molecular weight is 251 g/mol. The van der Waals surface area contributed by atoms with Gasteiger partial charge < -0.3 is 20.7 Å². The molecule has 0 spiro atoms. The highest BCUT2D eigenvalue weighted by molar-refractivity contribution is 8.14. The predicted octanol–water partition coefficient (Wildman–Crippen LogP) is -0.0236. The van der Waals surface area contributed by atoms with E-state index in [0.717, 1.165) is 0 Å². The van der Waals surface area contributed by atoms with Gasteiger partial charge in [-0.25, -0.2) is 0 Å². The summed E-state index contributed by atoms with van der Waals surface area (Å²) in [5, 5.41) is 21.2. The molecule has 0 saturated carbocycles. The molecule has 1 atom stereocenters. The number of nitrogens with zero attached hydrogens (tertiary/aromatic N) is 1. The van der Waals surface area contributed by atoms with Crippen molar-refractivity contribution in [1.82, 2.24) is 0 Å². The molecular formula is C11H11N2O3S-. The second kappa shape index (κ2) is 3.96. The number of anilines is 1. The zero-order valence-electron chi connectivity index (χ0n) is 9.14. The van der Waals surface area contributed by atoms with E-state index in [1.54, 1.807) is 18.2 Å². The second-order valence-corrected chi connectivity index (χ2v) is 4.97. The van der Waals surface area contributed by atoms with Crippen molar-refractivity contribution in [3.8, 4) is 5.75 Å². The van der Waals surface area contributed by atoms with Gasteiger partial charge in [-0.2, -0.15) is 0 Å². The van der Waals surface area contributed by atoms with Gasteiger partial charge in [-0.15, -0.1) is 11.8 Å². The summed E-state index contributed by atoms with van der Waals surface area (Å²) in [6, 6.07) is 4.90. The number of hydrogen-bond acceptors (Lipinski definition) is 6. The smallest absolute Gasteiger partial charge is 0.148 e. The maximum Gasteiger partial charge on any atom is 0.148 e. The Bertz CT molecular complexity index is 515. The number of phenolic OH excluding ortho intramolecular Hbond substituents is 1. The molecule has 90 valence electrons. The van der Waals surface area contributed by atoms with E-state index in [9.17, 15) is 15.0 Å². The zero-order valence-corrected chi connectivity index (χ0v) is 9.95. The molecule has 0 saturated heterocycles. The fourth-order valence-corrected chi connectivity index (χ4v) is 2.66. The molecule has 1 aromatic carbocycles. The summed E-state index contributed by atoms with van der Waals surface area (Å²) in [7, 11) is 0. The lowest BCUT2D eigenvalue weighted by Gasteiger charge is -2.19. The highest BCUT2D eigenvalue weighted by Gasteiger charge is 2.33. The minimum Gasteiger partial charge on any atom is -0.547 e. The van der Waals surface area contributed by atoms with Crippen molar-refractivity contribution in [3.63, 3.8) is 0 Å². The minimum atomic E-state index is -1.24. The van der Waals surface area contributed by atoms with Crippen LogP contribution in [0.4, 0.5) is 5.69 Å². The number of hydrogen-bond donors (Lipinski definition) is 2. The number of thioether (sulfide) groups is 1. The molecule has 5 nitrogen and oxygen atoms in total. The largest absolute Gasteiger partial charge is 0.547 e. The van der Waals surface area contributed by atoms with E-state index in [1.165, 1.54) is 18.7 Å². The Kier molecular flexibility index (Phi) is 2.74. The van der Waals surface area contributed by atoms with Gasteiger partial charge in [0.2, 0.25) is 0 Å². The quantitative estimate of drug-likeness (QED) is 0.568. The summed E-state index contributed by atoms with van der Waals surface area (Å²) < 4.78 is 0. The van der Waals surface area contributed by atoms with Gasteiger partial charge in [-0.05, 0) is 19.1 Å². The third-order valence-corrected chi connectivity index (χ3v) is 3.87. The number of nitrogens with two attached hydrogens (primary N) is 1. The van der Waals surface area contributed by atoms with E-state index in [-0.39, 0.29) is 11.4 Å². The van der Waals surface area contributed by atoms with E-state index in [4.69, 9.17) is 5.73 Å². The number of carbonyl (C=O) groups is 1. The van der Waals surface area contributed by atoms with Gasteiger partial charge in [0.05, 0.1) is 17.2 Å². The molecule has 1 aromatic rings. The lowest BCUT2D eigenvalue weighted by atomic mass is 10.1. The summed E-state index contributed by atoms with van der Waals surface area (Å²) in [5.74, 6) is -0.997. The van der Waals surface area contributed by atoms with Crippen LogP contribution in [0.2, 0.25) is 0 Å². The number of aliphatic carboxylic acids is 1. The molecule has 0 unspecified atom stereocenters. The average Bonchev–Trinajstić information content (AvgIpc) is 2.66. The lowest BCUT2D eigenvalue weighted by Crippen LogP contribution is -2.45. The van der Waals surface area contributed by atoms with Crippen LogP contribution in [-0.2, 0) is 4.79 Å². The first-order chi connectivity index (χ1) is 7.94. The molecule has 17 heavy (non-hydrogen) atoms. The van der Waals surface area contributed by atoms with Crippen molar-refractivity contribution >= 4 is 28.5 Å². The highest BCUT2D eigenvalue weighted by atomic mass is 32.2. The summed E-state index contributed by atoms with van der Waals surface area (Å²) >= 11 is 1.27. The van der Waals surface area contributed by atoms with E-state index in [2.05, 4.69) is 4.99 Å². The van der Waals surface area contributed by atoms with Crippen LogP contribution in [0.3, 0.4) is 0 Å². The summed E-state index contributed by atoms with van der Waals surface area (Å²) in [6.45, 7) is 1.49. The van der Waals surface area contributed by atoms with Gasteiger partial charge in [0.25, 0.3) is 0 Å². The number of carbonyl (C=O) groups excluding carboxylic acids is 1. The maximum absolute atomic E-state index is 10.9. The topological polar surface area (TPSA) is 98.7 Å². The van der Waals surface area contributed by atoms with Crippen LogP contribution in [0.5, 0.6) is 5.75 Å². The molecule has 3 N–H and O–H groups in total. The summed E-state index contributed by atoms with van der Waals surface area (Å²) in [5.41, 5.74) is 5.04. The molecule has 1 aliphatic heterocycles. The molecule has 0 bridgehead atoms. The van der Waals surface area contributed by atoms with Gasteiger partial charge in [-0.3, -0.25) is 4.99 Å². The second-order valence-electron chi connectivity index (χ2n) is 4.01. The fourth-order valence-electron chi connectivity index (χ4n) is 1.47. The normalized spacial score (nSPS) is 23.5. The van der Waals surface area contributed by atoms with Crippen molar-refractivity contribution in [2.45, 2.75) is 12.5 Å². The van der Waals surface area contributed by atoms with Crippen LogP contribution < -0.4 is 10.8 Å². The van der Waals surface area contributed by atoms with Crippen molar-refractivity contribution in [1.29, 1.82) is 0 Å². The first-order valence-electron chi connectivity index (χ1n) is 4.96. The van der Waals surface area contributed by atoms with Crippen LogP contribution in [0, 0.1) is 0 Å². The van der Waals surface area contributed by atoms with Crippen molar-refractivity contribution < 1.29 is 15.0 Å². The third-order valence-electron chi connectivity index (χ3n) is 2.58. The Morgan fingerprint density at radius 1 is 1.65 bits per heavy atom. The Hall–Kier alpha value is -1.69. The number of aliphatic imine (C=N–C) groups is 1. The molecule has 0 aliphatic carbocycles. The van der Waals surface area contributed by atoms with Crippen LogP contribution in [0.25, 0.3) is 0 Å². The number of aromatic hydroxyl groups is 1. The van der Waals surface area contributed by atoms with Gasteiger partial charge in [0, 0.05) is 5.75 Å². The Morgan fingerprint density at radius 2 is 2.35 bits per heavy atom. The third kappa shape index (κ3) is 1.95. The molecule has 0 fully saturated rings. The molecule has 2 rings (SSSR count). The number of nitrogen functional groups attached to an aromatic ring is 1. The number of carboxylic acid groups (broad SMARTS) is 1. The Balaban J connectivity index is 2.43. The van der Waals surface area contributed by atoms with E-state index < -0.39 is 11.5 Å². The molecule has 6 heteroatoms. The van der Waals surface area contributed by atoms with Crippen molar-refractivity contribution in [2.24, 2.45) is 4.99 Å². The van der Waals surface area contributed by atoms with E-state index in [1.807, 2.05) is 0 Å². The Labute approximate surface area is 102 Å². The number of phenols is 1. The SMILES string of the molecule is C[C@]1(C(=O)[O-])CSC(c2cccc(N)c2O)=N1. The van der Waals surface area contributed by atoms with Gasteiger partial charge in [0.15, 0.2) is 0 Å². The predicted molar refractivity (Wildman–Crippen MR) is 64.9 cm³/mol. The molecule has 1 heterocycles. The lowest BCUT2D eigenvalue weighted by molar-refractivity contribution is -0.311. The molecule has 0 radical (unpaired) electrons. The fraction of sp³-hybridized carbons (Fsp3) is 0.273. The molecule has 1 aliphatic rings. The van der Waals surface area contributed by atoms with E-state index in [0.29, 0.717) is 16.4 Å². The maximum atomic E-state index is 10.9. The summed E-state index contributed by atoms with van der Waals surface area (Å²) in [6.07, 6.45) is 0. The minimum absolute atomic E-state index is 0.0682. The molecular weight excluding hydrogens is 240 g/mol. The first-order valence-corrected chi connectivity index (χ1v) is 5.94. The van der Waals surface area contributed by atoms with Gasteiger partial charge in [-0.1, -0.05) is 6.07 Å². The number of benzene rings is 1. The van der Waals surface area contributed by atoms with Crippen molar-refractivity contribution in [3.05, 3.63) is 23.8 Å². The van der Waals surface area contributed by atoms with Gasteiger partial charge in [0.1, 0.15) is 16.3 Å². The van der Waals surface area contributed by atoms with E-state index >= 15 is 0 Å². The molecule has 0 amide bonds. The number of para-hydroxylation sites is 1. The van der Waals surface area contributed by atoms with Gasteiger partial charge >= 0.3 is 0 Å². The monoisotopic (exact) mass is 251 g/mol. The van der Waals surface area contributed by atoms with Crippen LogP contribution in [0.15, 0.2) is 23.2 Å². The van der Waals surface area contributed by atoms with Crippen LogP contribution in [-0.4, -0.2) is 27.4 Å². The Morgan fingerprint density at radius 3 is 2.94 bits per heavy atom. The number of rotatable bonds is 2.